The number of aryl methyl sites for hydroxylation is 1. The van der Waals surface area contributed by atoms with E-state index in [2.05, 4.69) is 30.8 Å². The Morgan fingerprint density at radius 2 is 2.13 bits per heavy atom. The third kappa shape index (κ3) is 4.77. The molecule has 3 aromatic rings. The van der Waals surface area contributed by atoms with Gasteiger partial charge in [0.05, 0.1) is 18.1 Å². The summed E-state index contributed by atoms with van der Waals surface area (Å²) >= 11 is 1.47. The van der Waals surface area contributed by atoms with E-state index in [0.29, 0.717) is 5.52 Å². The molecule has 0 radical (unpaired) electrons. The Hall–Kier alpha value is -2.79. The zero-order valence-electron chi connectivity index (χ0n) is 17.4. The van der Waals surface area contributed by atoms with Gasteiger partial charge in [0.2, 0.25) is 5.95 Å². The predicted molar refractivity (Wildman–Crippen MR) is 115 cm³/mol. The number of benzene rings is 1. The summed E-state index contributed by atoms with van der Waals surface area (Å²) in [5.74, 6) is -2.95. The molecule has 164 valence electrons. The van der Waals surface area contributed by atoms with Gasteiger partial charge >= 0.3 is 6.03 Å². The fraction of sp³-hybridized carbons (Fsp3) is 0.450. The number of alkyl halides is 2. The summed E-state index contributed by atoms with van der Waals surface area (Å²) in [4.78, 5) is 22.2. The number of nitrogens with zero attached hydrogens (tertiary/aromatic N) is 5. The van der Waals surface area contributed by atoms with Crippen LogP contribution in [0.3, 0.4) is 0 Å². The third-order valence-electron chi connectivity index (χ3n) is 5.00. The van der Waals surface area contributed by atoms with Crippen molar-refractivity contribution in [2.45, 2.75) is 45.2 Å². The predicted octanol–water partition coefficient (Wildman–Crippen LogP) is 3.70. The van der Waals surface area contributed by atoms with E-state index in [4.69, 9.17) is 0 Å². The van der Waals surface area contributed by atoms with Gasteiger partial charge in [-0.05, 0) is 19.4 Å². The number of rotatable bonds is 4. The van der Waals surface area contributed by atoms with E-state index in [1.54, 1.807) is 6.20 Å². The van der Waals surface area contributed by atoms with E-state index in [1.165, 1.54) is 11.3 Å². The van der Waals surface area contributed by atoms with Crippen LogP contribution in [0.25, 0.3) is 21.5 Å². The summed E-state index contributed by atoms with van der Waals surface area (Å²) in [6.07, 6.45) is 1.75. The maximum Gasteiger partial charge on any atom is 0.324 e. The number of fused-ring (bicyclic) bond motifs is 1. The molecule has 1 aliphatic rings. The second-order valence-electron chi connectivity index (χ2n) is 7.87. The molecule has 1 aliphatic heterocycles. The second kappa shape index (κ2) is 8.39. The number of hydrogen-bond acceptors (Lipinski definition) is 7. The standard InChI is InChI=1S/C20H23F2N7OS/c1-11(2)24-16-6-7-29(10-20(16,21)22)19(30)26-18-23-9-14-5-4-13(8-15(14)25-18)17-28-27-12(3)31-17/h4-5,8-9,11,16,24H,6-7,10H2,1-3H3,(H,23,25,26,30). The second-order valence-corrected chi connectivity index (χ2v) is 9.05. The first kappa shape index (κ1) is 21.4. The van der Waals surface area contributed by atoms with Crippen molar-refractivity contribution in [2.24, 2.45) is 0 Å². The van der Waals surface area contributed by atoms with Gasteiger partial charge in [-0.25, -0.2) is 23.5 Å². The van der Waals surface area contributed by atoms with Crippen LogP contribution in [-0.2, 0) is 0 Å². The van der Waals surface area contributed by atoms with Gasteiger partial charge < -0.3 is 10.2 Å². The minimum absolute atomic E-state index is 0.0591. The van der Waals surface area contributed by atoms with Crippen molar-refractivity contribution in [1.82, 2.24) is 30.4 Å². The molecule has 11 heteroatoms. The van der Waals surface area contributed by atoms with Crippen LogP contribution < -0.4 is 10.6 Å². The Bertz CT molecular complexity index is 1100. The number of carbonyl (C=O) groups excluding carboxylic acids is 1. The molecule has 0 bridgehead atoms. The highest BCUT2D eigenvalue weighted by Gasteiger charge is 2.46. The first-order valence-electron chi connectivity index (χ1n) is 9.98. The van der Waals surface area contributed by atoms with E-state index in [1.807, 2.05) is 39.0 Å². The maximum atomic E-state index is 14.5. The molecule has 2 amide bonds. The van der Waals surface area contributed by atoms with E-state index in [9.17, 15) is 13.6 Å². The van der Waals surface area contributed by atoms with Crippen molar-refractivity contribution in [1.29, 1.82) is 0 Å². The van der Waals surface area contributed by atoms with Gasteiger partial charge in [0.15, 0.2) is 0 Å². The quantitative estimate of drug-likeness (QED) is 0.633. The van der Waals surface area contributed by atoms with E-state index in [-0.39, 0.29) is 25.0 Å². The number of nitrogens with one attached hydrogen (secondary N) is 2. The third-order valence-corrected chi connectivity index (χ3v) is 5.88. The summed E-state index contributed by atoms with van der Waals surface area (Å²) < 4.78 is 28.9. The fourth-order valence-corrected chi connectivity index (χ4v) is 4.21. The van der Waals surface area contributed by atoms with Crippen molar-refractivity contribution >= 4 is 34.2 Å². The number of aromatic nitrogens is 4. The van der Waals surface area contributed by atoms with Gasteiger partial charge in [0.25, 0.3) is 5.92 Å². The smallest absolute Gasteiger partial charge is 0.318 e. The average Bonchev–Trinajstić information content (AvgIpc) is 3.15. The van der Waals surface area contributed by atoms with Crippen LogP contribution in [0.15, 0.2) is 24.4 Å². The number of halogens is 2. The SMILES string of the molecule is Cc1nnc(-c2ccc3cnc(NC(=O)N4CCC(NC(C)C)C(F)(F)C4)nc3c2)s1. The van der Waals surface area contributed by atoms with Crippen LogP contribution in [-0.4, -0.2) is 62.2 Å². The Balaban J connectivity index is 1.48. The normalized spacial score (nSPS) is 18.5. The lowest BCUT2D eigenvalue weighted by atomic mass is 10.0. The molecule has 0 saturated carbocycles. The van der Waals surface area contributed by atoms with Crippen molar-refractivity contribution in [2.75, 3.05) is 18.4 Å². The lowest BCUT2D eigenvalue weighted by Gasteiger charge is -2.39. The topological polar surface area (TPSA) is 95.9 Å². The number of likely N-dealkylation sites (tertiary alicyclic amines) is 1. The summed E-state index contributed by atoms with van der Waals surface area (Å²) in [6.45, 7) is 5.09. The molecule has 3 heterocycles. The van der Waals surface area contributed by atoms with Crippen molar-refractivity contribution < 1.29 is 13.6 Å². The van der Waals surface area contributed by atoms with Gasteiger partial charge in [-0.2, -0.15) is 0 Å². The molecular weight excluding hydrogens is 424 g/mol. The highest BCUT2D eigenvalue weighted by atomic mass is 32.1. The zero-order valence-corrected chi connectivity index (χ0v) is 18.2. The number of hydrogen-bond donors (Lipinski definition) is 2. The van der Waals surface area contributed by atoms with Gasteiger partial charge in [-0.15, -0.1) is 10.2 Å². The van der Waals surface area contributed by atoms with Crippen LogP contribution >= 0.6 is 11.3 Å². The molecule has 1 saturated heterocycles. The van der Waals surface area contributed by atoms with Crippen LogP contribution in [0.1, 0.15) is 25.3 Å². The number of anilines is 1. The Morgan fingerprint density at radius 1 is 1.32 bits per heavy atom. The van der Waals surface area contributed by atoms with Crippen LogP contribution in [0, 0.1) is 6.92 Å². The van der Waals surface area contributed by atoms with Gasteiger partial charge in [0.1, 0.15) is 10.0 Å². The molecule has 0 aliphatic carbocycles. The number of carbonyl (C=O) groups is 1. The number of amides is 2. The van der Waals surface area contributed by atoms with E-state index < -0.39 is 24.5 Å². The minimum atomic E-state index is -3.02. The molecular formula is C20H23F2N7OS. The Labute approximate surface area is 182 Å². The molecule has 1 fully saturated rings. The Kier molecular flexibility index (Phi) is 5.80. The lowest BCUT2D eigenvalue weighted by molar-refractivity contribution is -0.0804. The number of piperidine rings is 1. The summed E-state index contributed by atoms with van der Waals surface area (Å²) in [5, 5.41) is 16.0. The molecule has 1 atom stereocenters. The molecule has 2 aromatic heterocycles. The monoisotopic (exact) mass is 447 g/mol. The van der Waals surface area contributed by atoms with Crippen LogP contribution in [0.2, 0.25) is 0 Å². The van der Waals surface area contributed by atoms with Gasteiger partial charge in [-0.1, -0.05) is 37.3 Å². The number of urea groups is 1. The maximum absolute atomic E-state index is 14.5. The first-order chi connectivity index (χ1) is 14.7. The van der Waals surface area contributed by atoms with E-state index >= 15 is 0 Å². The van der Waals surface area contributed by atoms with Crippen LogP contribution in [0.5, 0.6) is 0 Å². The van der Waals surface area contributed by atoms with Crippen molar-refractivity contribution in [3.63, 3.8) is 0 Å². The van der Waals surface area contributed by atoms with Crippen molar-refractivity contribution in [3.8, 4) is 10.6 Å². The zero-order chi connectivity index (χ0) is 22.2. The van der Waals surface area contributed by atoms with Crippen LogP contribution in [0.4, 0.5) is 19.5 Å². The largest absolute Gasteiger partial charge is 0.324 e. The minimum Gasteiger partial charge on any atom is -0.318 e. The Morgan fingerprint density at radius 3 is 2.81 bits per heavy atom. The highest BCUT2D eigenvalue weighted by Crippen LogP contribution is 2.29. The van der Waals surface area contributed by atoms with E-state index in [0.717, 1.165) is 25.9 Å². The molecule has 1 aromatic carbocycles. The molecule has 31 heavy (non-hydrogen) atoms. The fourth-order valence-electron chi connectivity index (χ4n) is 3.53. The van der Waals surface area contributed by atoms with Crippen molar-refractivity contribution in [3.05, 3.63) is 29.4 Å². The summed E-state index contributed by atoms with van der Waals surface area (Å²) in [5.41, 5.74) is 1.47. The van der Waals surface area contributed by atoms with Gasteiger partial charge in [0, 0.05) is 29.7 Å². The molecule has 0 spiro atoms. The molecule has 2 N–H and O–H groups in total. The molecule has 1 unspecified atom stereocenters. The summed E-state index contributed by atoms with van der Waals surface area (Å²) in [7, 11) is 0. The lowest BCUT2D eigenvalue weighted by Crippen LogP contribution is -2.60. The first-order valence-corrected chi connectivity index (χ1v) is 10.8. The molecule has 8 nitrogen and oxygen atoms in total. The summed E-state index contributed by atoms with van der Waals surface area (Å²) in [6, 6.07) is 3.95. The van der Waals surface area contributed by atoms with Gasteiger partial charge in [-0.3, -0.25) is 5.32 Å². The highest BCUT2D eigenvalue weighted by molar-refractivity contribution is 7.14. The average molecular weight is 448 g/mol. The molecule has 4 rings (SSSR count).